The average molecular weight is 345 g/mol. The Kier molecular flexibility index (Phi) is 8.09. The molecule has 2 heterocycles. The van der Waals surface area contributed by atoms with Gasteiger partial charge >= 0.3 is 41.5 Å². The molecule has 0 bridgehead atoms. The second-order valence-electron chi connectivity index (χ2n) is 5.13. The number of rotatable bonds is 7. The topological polar surface area (TPSA) is 122 Å². The molecule has 0 saturated carbocycles. The number of aryl methyl sites for hydroxylation is 1. The third kappa shape index (κ3) is 6.06. The Morgan fingerprint density at radius 1 is 1.25 bits per heavy atom. The van der Waals surface area contributed by atoms with Crippen molar-refractivity contribution in [3.8, 4) is 0 Å². The Balaban J connectivity index is 0.00000288. The van der Waals surface area contributed by atoms with Crippen LogP contribution in [0.1, 0.15) is 21.7 Å². The van der Waals surface area contributed by atoms with Crippen molar-refractivity contribution in [2.24, 2.45) is 5.92 Å². The third-order valence-electron chi connectivity index (χ3n) is 3.20. The van der Waals surface area contributed by atoms with E-state index in [9.17, 15) is 9.59 Å². The maximum absolute atomic E-state index is 11.0. The Hall–Kier alpha value is -1.71. The molecule has 0 fully saturated rings. The van der Waals surface area contributed by atoms with Crippen LogP contribution in [-0.4, -0.2) is 44.7 Å². The summed E-state index contributed by atoms with van der Waals surface area (Å²) in [7, 11) is 0. The van der Waals surface area contributed by atoms with E-state index in [1.54, 1.807) is 12.5 Å². The molecule has 0 unspecified atom stereocenters. The van der Waals surface area contributed by atoms with Gasteiger partial charge in [0.25, 0.3) is 0 Å². The van der Waals surface area contributed by atoms with Gasteiger partial charge in [0.1, 0.15) is 5.52 Å². The van der Waals surface area contributed by atoms with Crippen LogP contribution in [0.15, 0.2) is 12.5 Å². The van der Waals surface area contributed by atoms with Crippen LogP contribution in [0.3, 0.4) is 0 Å². The summed E-state index contributed by atoms with van der Waals surface area (Å²) < 4.78 is 11.9. The molecule has 0 aliphatic heterocycles. The molecule has 0 radical (unpaired) electrons. The van der Waals surface area contributed by atoms with Crippen molar-refractivity contribution >= 4 is 29.1 Å². The predicted octanol–water partition coefficient (Wildman–Crippen LogP) is -2.34. The fourth-order valence-corrected chi connectivity index (χ4v) is 2.04. The number of aromatic nitrogens is 4. The van der Waals surface area contributed by atoms with Crippen molar-refractivity contribution in [1.82, 2.24) is 19.5 Å². The van der Waals surface area contributed by atoms with E-state index in [2.05, 4.69) is 15.0 Å². The maximum atomic E-state index is 11.0. The summed E-state index contributed by atoms with van der Waals surface area (Å²) in [5.41, 5.74) is 6.88. The predicted molar refractivity (Wildman–Crippen MR) is 82.2 cm³/mol. The third-order valence-corrected chi connectivity index (χ3v) is 3.20. The van der Waals surface area contributed by atoms with Crippen LogP contribution in [-0.2, 0) is 25.6 Å². The van der Waals surface area contributed by atoms with Gasteiger partial charge in [-0.3, -0.25) is 9.59 Å². The van der Waals surface area contributed by atoms with Gasteiger partial charge in [0.15, 0.2) is 5.65 Å². The van der Waals surface area contributed by atoms with E-state index >= 15 is 0 Å². The molecule has 0 amide bonds. The minimum Gasteiger partial charge on any atom is -1.00 e. The first kappa shape index (κ1) is 20.3. The number of ether oxygens (including phenoxy) is 2. The van der Waals surface area contributed by atoms with E-state index in [-0.39, 0.29) is 68.0 Å². The number of nitrogens with zero attached hydrogens (tertiary/aromatic N) is 4. The second kappa shape index (κ2) is 9.55. The molecule has 2 aromatic heterocycles. The van der Waals surface area contributed by atoms with Gasteiger partial charge in [-0.25, -0.2) is 9.97 Å². The van der Waals surface area contributed by atoms with Crippen LogP contribution in [0.4, 0.5) is 5.95 Å². The van der Waals surface area contributed by atoms with Gasteiger partial charge in [0.05, 0.1) is 25.7 Å². The van der Waals surface area contributed by atoms with E-state index < -0.39 is 0 Å². The molecule has 0 aliphatic carbocycles. The fraction of sp³-hybridized carbons (Fsp3) is 0.500. The molecule has 0 aliphatic rings. The number of anilines is 1. The summed E-state index contributed by atoms with van der Waals surface area (Å²) in [4.78, 5) is 34.2. The summed E-state index contributed by atoms with van der Waals surface area (Å²) in [6.07, 6.45) is 3.83. The van der Waals surface area contributed by atoms with Gasteiger partial charge in [-0.1, -0.05) is 0 Å². The van der Waals surface area contributed by atoms with Gasteiger partial charge in [0.2, 0.25) is 5.95 Å². The number of fused-ring (bicyclic) bond motifs is 1. The van der Waals surface area contributed by atoms with Crippen LogP contribution < -0.4 is 35.3 Å². The fourth-order valence-electron chi connectivity index (χ4n) is 2.04. The molecule has 0 saturated heterocycles. The number of nitrogen functional groups attached to an aromatic ring is 1. The van der Waals surface area contributed by atoms with Gasteiger partial charge in [0, 0.05) is 26.3 Å². The number of imidazole rings is 1. The number of carbonyl (C=O) groups is 2. The Morgan fingerprint density at radius 3 is 2.46 bits per heavy atom. The molecule has 2 aromatic rings. The standard InChI is InChI=1S/C14H19N5O4.Na.H/c1-9(20)22-6-11(7-23-10(2)21)3-4-19-8-17-12-5-16-14(15)18-13(12)19;;/h5,8,11H,3-4,6-7H2,1-2H3,(H2,15,16,18);;/q;+1;-1. The SMILES string of the molecule is CC(=O)OCC(CCn1cnc2cnc(N)nc21)COC(C)=O.[H-].[Na+]. The normalized spacial score (nSPS) is 10.5. The zero-order valence-electron chi connectivity index (χ0n) is 15.1. The molecule has 0 atom stereocenters. The van der Waals surface area contributed by atoms with Crippen LogP contribution in [0.5, 0.6) is 0 Å². The van der Waals surface area contributed by atoms with Crippen LogP contribution in [0.2, 0.25) is 0 Å². The summed E-state index contributed by atoms with van der Waals surface area (Å²) in [6, 6.07) is 0. The number of carbonyl (C=O) groups excluding carboxylic acids is 2. The van der Waals surface area contributed by atoms with Crippen molar-refractivity contribution in [2.75, 3.05) is 18.9 Å². The van der Waals surface area contributed by atoms with Crippen molar-refractivity contribution in [3.05, 3.63) is 12.5 Å². The summed E-state index contributed by atoms with van der Waals surface area (Å²) >= 11 is 0. The van der Waals surface area contributed by atoms with Crippen LogP contribution in [0, 0.1) is 5.92 Å². The molecular weight excluding hydrogens is 325 g/mol. The minimum atomic E-state index is -0.369. The summed E-state index contributed by atoms with van der Waals surface area (Å²) in [6.45, 7) is 3.62. The minimum absolute atomic E-state index is 0. The van der Waals surface area contributed by atoms with Gasteiger partial charge in [-0.15, -0.1) is 0 Å². The number of hydrogen-bond donors (Lipinski definition) is 1. The second-order valence-corrected chi connectivity index (χ2v) is 5.13. The van der Waals surface area contributed by atoms with Crippen LogP contribution in [0.25, 0.3) is 11.2 Å². The molecule has 0 spiro atoms. The Labute approximate surface area is 162 Å². The zero-order chi connectivity index (χ0) is 16.8. The number of esters is 2. The molecule has 2 N–H and O–H groups in total. The molecule has 24 heavy (non-hydrogen) atoms. The monoisotopic (exact) mass is 345 g/mol. The van der Waals surface area contributed by atoms with Crippen LogP contribution >= 0.6 is 0 Å². The molecule has 2 rings (SSSR count). The largest absolute Gasteiger partial charge is 1.00 e. The first-order valence-electron chi connectivity index (χ1n) is 7.15. The van der Waals surface area contributed by atoms with Crippen molar-refractivity contribution in [3.63, 3.8) is 0 Å². The molecular formula is C14H20N5NaO4. The molecule has 9 nitrogen and oxygen atoms in total. The molecule has 10 heteroatoms. The quantitative estimate of drug-likeness (QED) is 0.437. The van der Waals surface area contributed by atoms with Crippen molar-refractivity contribution in [1.29, 1.82) is 0 Å². The average Bonchev–Trinajstić information content (AvgIpc) is 2.88. The Bertz CT molecular complexity index is 694. The van der Waals surface area contributed by atoms with E-state index in [0.29, 0.717) is 24.1 Å². The molecule has 126 valence electrons. The van der Waals surface area contributed by atoms with Crippen molar-refractivity contribution in [2.45, 2.75) is 26.8 Å². The van der Waals surface area contributed by atoms with Crippen molar-refractivity contribution < 1.29 is 50.0 Å². The summed E-state index contributed by atoms with van der Waals surface area (Å²) in [5, 5.41) is 0. The Morgan fingerprint density at radius 2 is 1.88 bits per heavy atom. The molecule has 0 aromatic carbocycles. The zero-order valence-corrected chi connectivity index (χ0v) is 16.1. The first-order valence-corrected chi connectivity index (χ1v) is 7.15. The van der Waals surface area contributed by atoms with E-state index in [0.717, 1.165) is 0 Å². The van der Waals surface area contributed by atoms with E-state index in [1.807, 2.05) is 4.57 Å². The van der Waals surface area contributed by atoms with Gasteiger partial charge in [-0.2, -0.15) is 4.98 Å². The van der Waals surface area contributed by atoms with E-state index in [1.165, 1.54) is 13.8 Å². The smallest absolute Gasteiger partial charge is 1.00 e. The number of nitrogens with two attached hydrogens (primary N) is 1. The maximum Gasteiger partial charge on any atom is 1.00 e. The van der Waals surface area contributed by atoms with Gasteiger partial charge in [-0.05, 0) is 6.42 Å². The first-order chi connectivity index (χ1) is 11.0. The number of hydrogen-bond acceptors (Lipinski definition) is 8. The van der Waals surface area contributed by atoms with Gasteiger partial charge < -0.3 is 21.2 Å². The van der Waals surface area contributed by atoms with E-state index in [4.69, 9.17) is 15.2 Å². The summed E-state index contributed by atoms with van der Waals surface area (Å²) in [5.74, 6) is -0.673.